The predicted octanol–water partition coefficient (Wildman–Crippen LogP) is 8.90. The van der Waals surface area contributed by atoms with Crippen molar-refractivity contribution in [3.63, 3.8) is 0 Å². The van der Waals surface area contributed by atoms with Crippen molar-refractivity contribution in [1.29, 1.82) is 0 Å². The fourth-order valence-corrected chi connectivity index (χ4v) is 11.2. The van der Waals surface area contributed by atoms with Crippen molar-refractivity contribution in [3.8, 4) is 67.8 Å². The zero-order chi connectivity index (χ0) is 47.9. The molecular formula is C62H45B4N5. The Morgan fingerprint density at radius 3 is 1.62 bits per heavy atom. The quantitative estimate of drug-likeness (QED) is 0.150. The summed E-state index contributed by atoms with van der Waals surface area (Å²) in [7, 11) is 9.12. The zero-order valence-electron chi connectivity index (χ0n) is 40.4. The van der Waals surface area contributed by atoms with Gasteiger partial charge in [0, 0.05) is 38.2 Å². The minimum absolute atomic E-state index is 0.551. The van der Waals surface area contributed by atoms with Crippen LogP contribution in [0.1, 0.15) is 5.56 Å². The first-order valence-corrected chi connectivity index (χ1v) is 24.5. The van der Waals surface area contributed by atoms with E-state index < -0.39 is 0 Å². The number of fused-ring (bicyclic) bond motifs is 8. The molecule has 3 aromatic heterocycles. The lowest BCUT2D eigenvalue weighted by Crippen LogP contribution is -2.46. The monoisotopic (exact) mass is 903 g/mol. The maximum atomic E-state index is 5.53. The van der Waals surface area contributed by atoms with E-state index in [0.717, 1.165) is 71.7 Å². The summed E-state index contributed by atoms with van der Waals surface area (Å²) in [6.07, 6.45) is 0. The molecule has 0 fully saturated rings. The van der Waals surface area contributed by atoms with Gasteiger partial charge in [-0.25, -0.2) is 4.98 Å². The molecule has 9 heteroatoms. The summed E-state index contributed by atoms with van der Waals surface area (Å²) >= 11 is 0. The summed E-state index contributed by atoms with van der Waals surface area (Å²) in [5.74, 6) is 1.76. The number of hydrogen-bond donors (Lipinski definition) is 0. The molecule has 0 saturated carbocycles. The van der Waals surface area contributed by atoms with E-state index in [0.29, 0.717) is 17.6 Å². The number of nitrogens with zero attached hydrogens (tertiary/aromatic N) is 5. The van der Waals surface area contributed by atoms with E-state index in [2.05, 4.69) is 236 Å². The van der Waals surface area contributed by atoms with Gasteiger partial charge in [-0.05, 0) is 69.8 Å². The molecule has 0 atom stereocenters. The molecule has 0 amide bonds. The van der Waals surface area contributed by atoms with Crippen LogP contribution in [0.4, 0.5) is 0 Å². The van der Waals surface area contributed by atoms with E-state index >= 15 is 0 Å². The van der Waals surface area contributed by atoms with Crippen LogP contribution < -0.4 is 21.9 Å². The molecule has 0 bridgehead atoms. The SMILES string of the molecule is Bc1c(B)c(C)c(B)c(-c2ccc(-c3ccccc3)cc2-n2c3ccccc3c3ccc4c5ccccc5n(-c5nc(-c6ccccc6)nc(-c6cccc(-c7cccc8ccccc78)c6)n5)c4c32)c1B. The van der Waals surface area contributed by atoms with Gasteiger partial charge in [0.1, 0.15) is 31.4 Å². The molecule has 0 aliphatic rings. The summed E-state index contributed by atoms with van der Waals surface area (Å²) in [6.45, 7) is 2.27. The Bertz CT molecular complexity index is 4260. The van der Waals surface area contributed by atoms with Crippen molar-refractivity contribution in [1.82, 2.24) is 24.1 Å². The molecule has 0 N–H and O–H groups in total. The van der Waals surface area contributed by atoms with Gasteiger partial charge in [0.25, 0.3) is 0 Å². The number of para-hydroxylation sites is 2. The van der Waals surface area contributed by atoms with Crippen LogP contribution in [0, 0.1) is 6.92 Å². The fraction of sp³-hybridized carbons (Fsp3) is 0.0161. The average molecular weight is 903 g/mol. The maximum absolute atomic E-state index is 5.53. The molecule has 0 aliphatic carbocycles. The third-order valence-electron chi connectivity index (χ3n) is 15.2. The molecule has 0 aliphatic heterocycles. The van der Waals surface area contributed by atoms with Crippen molar-refractivity contribution < 1.29 is 0 Å². The molecule has 10 aromatic carbocycles. The summed E-state index contributed by atoms with van der Waals surface area (Å²) in [4.78, 5) is 16.3. The molecule has 3 heterocycles. The Labute approximate surface area is 416 Å². The first-order valence-electron chi connectivity index (χ1n) is 24.5. The fourth-order valence-electron chi connectivity index (χ4n) is 11.2. The van der Waals surface area contributed by atoms with Gasteiger partial charge in [-0.2, -0.15) is 9.97 Å². The van der Waals surface area contributed by atoms with Crippen molar-refractivity contribution in [2.75, 3.05) is 0 Å². The molecule has 5 nitrogen and oxygen atoms in total. The zero-order valence-corrected chi connectivity index (χ0v) is 40.4. The Hall–Kier alpha value is -8.67. The van der Waals surface area contributed by atoms with Crippen LogP contribution in [0.3, 0.4) is 0 Å². The minimum atomic E-state index is 0.551. The van der Waals surface area contributed by atoms with Gasteiger partial charge in [0.05, 0.1) is 27.8 Å². The van der Waals surface area contributed by atoms with E-state index in [9.17, 15) is 0 Å². The molecule has 13 rings (SSSR count). The summed E-state index contributed by atoms with van der Waals surface area (Å²) < 4.78 is 4.83. The molecular weight excluding hydrogens is 858 g/mol. The number of benzene rings is 10. The third-order valence-corrected chi connectivity index (χ3v) is 15.2. The van der Waals surface area contributed by atoms with Crippen LogP contribution in [0.5, 0.6) is 0 Å². The standard InChI is InChI=1S/C62H45B4N5/c1-36-54(63)53(56(65)57(66)55(36)64)49-31-30-40(37-16-4-2-5-17-37)35-52(49)70-50-28-12-10-25-45(50)47-32-33-48-46-26-11-13-29-51(46)71(59(48)58(47)70)62-68-60(39-19-6-3-7-20-39)67-61(69-62)42-23-14-22-41(34-42)44-27-15-21-38-18-8-9-24-43(38)44/h2-35H,63-66H2,1H3. The van der Waals surface area contributed by atoms with E-state index in [1.807, 2.05) is 18.2 Å². The Morgan fingerprint density at radius 2 is 0.901 bits per heavy atom. The summed E-state index contributed by atoms with van der Waals surface area (Å²) in [5, 5.41) is 6.97. The van der Waals surface area contributed by atoms with Gasteiger partial charge < -0.3 is 4.57 Å². The highest BCUT2D eigenvalue weighted by Crippen LogP contribution is 2.44. The lowest BCUT2D eigenvalue weighted by atomic mass is 9.63. The third kappa shape index (κ3) is 6.79. The second kappa shape index (κ2) is 16.8. The van der Waals surface area contributed by atoms with Crippen molar-refractivity contribution in [2.24, 2.45) is 0 Å². The van der Waals surface area contributed by atoms with E-state index in [-0.39, 0.29) is 0 Å². The lowest BCUT2D eigenvalue weighted by Gasteiger charge is -2.24. The smallest absolute Gasteiger partial charge is 0.238 e. The van der Waals surface area contributed by atoms with E-state index in [1.54, 1.807) is 0 Å². The highest BCUT2D eigenvalue weighted by atomic mass is 15.2. The summed E-state index contributed by atoms with van der Waals surface area (Å²) in [6, 6.07) is 73.9. The van der Waals surface area contributed by atoms with Crippen LogP contribution in [0.2, 0.25) is 0 Å². The second-order valence-corrected chi connectivity index (χ2v) is 18.9. The number of rotatable bonds is 7. The topological polar surface area (TPSA) is 48.5 Å². The van der Waals surface area contributed by atoms with Crippen LogP contribution in [-0.2, 0) is 0 Å². The maximum Gasteiger partial charge on any atom is 0.238 e. The minimum Gasteiger partial charge on any atom is -0.307 e. The van der Waals surface area contributed by atoms with Crippen molar-refractivity contribution >= 4 is 108 Å². The van der Waals surface area contributed by atoms with Crippen molar-refractivity contribution in [3.05, 3.63) is 212 Å². The van der Waals surface area contributed by atoms with E-state index in [4.69, 9.17) is 15.0 Å². The first kappa shape index (κ1) is 42.4. The van der Waals surface area contributed by atoms with Crippen LogP contribution in [0.25, 0.3) is 122 Å². The van der Waals surface area contributed by atoms with Gasteiger partial charge in [0.2, 0.25) is 5.95 Å². The van der Waals surface area contributed by atoms with Crippen LogP contribution >= 0.6 is 0 Å². The molecule has 0 radical (unpaired) electrons. The molecule has 0 saturated heterocycles. The Morgan fingerprint density at radius 1 is 0.352 bits per heavy atom. The highest BCUT2D eigenvalue weighted by Gasteiger charge is 2.26. The molecule has 330 valence electrons. The molecule has 13 aromatic rings. The largest absolute Gasteiger partial charge is 0.307 e. The van der Waals surface area contributed by atoms with Gasteiger partial charge in [-0.3, -0.25) is 4.57 Å². The molecule has 0 unspecified atom stereocenters. The number of hydrogen-bond acceptors (Lipinski definition) is 3. The van der Waals surface area contributed by atoms with Gasteiger partial charge in [0.15, 0.2) is 11.6 Å². The van der Waals surface area contributed by atoms with Crippen LogP contribution in [-0.4, -0.2) is 55.5 Å². The van der Waals surface area contributed by atoms with Gasteiger partial charge >= 0.3 is 0 Å². The van der Waals surface area contributed by atoms with E-state index in [1.165, 1.54) is 60.3 Å². The van der Waals surface area contributed by atoms with Crippen molar-refractivity contribution in [2.45, 2.75) is 6.92 Å². The number of aromatic nitrogens is 5. The normalized spacial score (nSPS) is 11.7. The Kier molecular flexibility index (Phi) is 10.0. The lowest BCUT2D eigenvalue weighted by molar-refractivity contribution is 0.953. The summed E-state index contributed by atoms with van der Waals surface area (Å²) in [5.41, 5.74) is 20.9. The Balaban J connectivity index is 1.15. The molecule has 71 heavy (non-hydrogen) atoms. The first-order chi connectivity index (χ1) is 34.8. The van der Waals surface area contributed by atoms with Gasteiger partial charge in [-0.15, -0.1) is 5.46 Å². The average Bonchev–Trinajstić information content (AvgIpc) is 3.95. The van der Waals surface area contributed by atoms with Gasteiger partial charge in [-0.1, -0.05) is 204 Å². The molecule has 0 spiro atoms. The second-order valence-electron chi connectivity index (χ2n) is 18.9. The van der Waals surface area contributed by atoms with Crippen LogP contribution in [0.15, 0.2) is 206 Å². The highest BCUT2D eigenvalue weighted by molar-refractivity contribution is 6.61. The predicted molar refractivity (Wildman–Crippen MR) is 311 cm³/mol.